The van der Waals surface area contributed by atoms with Crippen molar-refractivity contribution in [3.05, 3.63) is 52.8 Å². The van der Waals surface area contributed by atoms with Crippen LogP contribution in [0.25, 0.3) is 22.0 Å². The second-order valence-corrected chi connectivity index (χ2v) is 9.20. The Morgan fingerprint density at radius 1 is 1.00 bits per heavy atom. The maximum atomic E-state index is 12.1. The van der Waals surface area contributed by atoms with Gasteiger partial charge in [0, 0.05) is 24.0 Å². The third-order valence-electron chi connectivity index (χ3n) is 5.21. The quantitative estimate of drug-likeness (QED) is 0.685. The molecular formula is C21H24N4O3S. The van der Waals surface area contributed by atoms with E-state index in [2.05, 4.69) is 19.8 Å². The van der Waals surface area contributed by atoms with E-state index in [9.17, 15) is 13.2 Å². The van der Waals surface area contributed by atoms with Gasteiger partial charge in [0.2, 0.25) is 10.0 Å². The first-order chi connectivity index (χ1) is 13.9. The highest BCUT2D eigenvalue weighted by Crippen LogP contribution is 2.34. The van der Waals surface area contributed by atoms with Crippen LogP contribution in [0.2, 0.25) is 0 Å². The molecule has 1 aliphatic heterocycles. The number of aromatic nitrogens is 2. The second kappa shape index (κ2) is 7.87. The monoisotopic (exact) mass is 412 g/mol. The minimum atomic E-state index is -3.45. The van der Waals surface area contributed by atoms with Crippen LogP contribution in [0.1, 0.15) is 25.7 Å². The van der Waals surface area contributed by atoms with Crippen molar-refractivity contribution in [3.8, 4) is 11.3 Å². The number of hydrogen-bond donors (Lipinski definition) is 2. The largest absolute Gasteiger partial charge is 0.370 e. The van der Waals surface area contributed by atoms with Crippen LogP contribution in [0.15, 0.2) is 47.3 Å². The van der Waals surface area contributed by atoms with Crippen molar-refractivity contribution in [2.75, 3.05) is 29.0 Å². The first-order valence-corrected chi connectivity index (χ1v) is 11.7. The van der Waals surface area contributed by atoms with Crippen LogP contribution in [-0.4, -0.2) is 38.0 Å². The number of nitrogens with zero attached hydrogens (tertiary/aromatic N) is 2. The zero-order valence-electron chi connectivity index (χ0n) is 16.3. The Kier molecular flexibility index (Phi) is 5.27. The molecule has 2 heterocycles. The van der Waals surface area contributed by atoms with Crippen LogP contribution >= 0.6 is 0 Å². The third-order valence-corrected chi connectivity index (χ3v) is 5.80. The minimum Gasteiger partial charge on any atom is -0.370 e. The van der Waals surface area contributed by atoms with Gasteiger partial charge < -0.3 is 4.90 Å². The Balaban J connectivity index is 1.85. The molecule has 0 amide bonds. The Labute approximate surface area is 169 Å². The molecule has 0 unspecified atom stereocenters. The summed E-state index contributed by atoms with van der Waals surface area (Å²) in [5.74, 6) is 0. The molecule has 1 aromatic heterocycles. The van der Waals surface area contributed by atoms with Crippen molar-refractivity contribution in [1.82, 2.24) is 10.2 Å². The van der Waals surface area contributed by atoms with E-state index in [1.807, 2.05) is 24.3 Å². The molecule has 2 N–H and O–H groups in total. The summed E-state index contributed by atoms with van der Waals surface area (Å²) in [6.07, 6.45) is 5.71. The van der Waals surface area contributed by atoms with Crippen LogP contribution < -0.4 is 15.2 Å². The summed E-state index contributed by atoms with van der Waals surface area (Å²) in [5.41, 5.74) is 2.50. The molecule has 1 aliphatic rings. The van der Waals surface area contributed by atoms with E-state index in [1.165, 1.54) is 12.8 Å². The summed E-state index contributed by atoms with van der Waals surface area (Å²) in [6, 6.07) is 12.9. The number of aromatic amines is 1. The Bertz CT molecular complexity index is 1200. The third kappa shape index (κ3) is 4.27. The zero-order valence-corrected chi connectivity index (χ0v) is 17.1. The number of fused-ring (bicyclic) bond motifs is 1. The standard InChI is InChI=1S/C21H24N4O3S/c1-29(27,28)24-18-14-15(10-11-19(18)25-12-6-2-3-7-13-25)20-16-8-4-5-9-17(16)21(26)23-22-20/h4-5,8-11,14,24H,2-3,6-7,12-13H2,1H3,(H,23,26). The lowest BCUT2D eigenvalue weighted by atomic mass is 10.0. The molecule has 0 spiro atoms. The van der Waals surface area contributed by atoms with Crippen molar-refractivity contribution in [2.45, 2.75) is 25.7 Å². The predicted octanol–water partition coefficient (Wildman–Crippen LogP) is 3.34. The fraction of sp³-hybridized carbons (Fsp3) is 0.333. The molecule has 0 saturated carbocycles. The average Bonchev–Trinajstić information content (AvgIpc) is 2.97. The van der Waals surface area contributed by atoms with Gasteiger partial charge in [-0.15, -0.1) is 0 Å². The van der Waals surface area contributed by atoms with Crippen molar-refractivity contribution in [3.63, 3.8) is 0 Å². The smallest absolute Gasteiger partial charge is 0.272 e. The SMILES string of the molecule is CS(=O)(=O)Nc1cc(-c2n[nH]c(=O)c3ccccc23)ccc1N1CCCCCC1. The second-order valence-electron chi connectivity index (χ2n) is 7.45. The Morgan fingerprint density at radius 3 is 2.38 bits per heavy atom. The van der Waals surface area contributed by atoms with Gasteiger partial charge in [0.05, 0.1) is 28.7 Å². The van der Waals surface area contributed by atoms with Crippen LogP contribution in [0.4, 0.5) is 11.4 Å². The summed E-state index contributed by atoms with van der Waals surface area (Å²) < 4.78 is 26.7. The number of sulfonamides is 1. The van der Waals surface area contributed by atoms with Crippen LogP contribution in [0, 0.1) is 0 Å². The van der Waals surface area contributed by atoms with Crippen LogP contribution in [0.3, 0.4) is 0 Å². The Morgan fingerprint density at radius 2 is 1.69 bits per heavy atom. The summed E-state index contributed by atoms with van der Waals surface area (Å²) in [4.78, 5) is 14.3. The van der Waals surface area contributed by atoms with E-state index in [0.29, 0.717) is 16.8 Å². The highest BCUT2D eigenvalue weighted by atomic mass is 32.2. The van der Waals surface area contributed by atoms with Crippen molar-refractivity contribution >= 4 is 32.2 Å². The summed E-state index contributed by atoms with van der Waals surface area (Å²) in [5, 5.41) is 8.06. The maximum Gasteiger partial charge on any atom is 0.272 e. The summed E-state index contributed by atoms with van der Waals surface area (Å²) >= 11 is 0. The zero-order chi connectivity index (χ0) is 20.4. The van der Waals surface area contributed by atoms with Gasteiger partial charge in [-0.3, -0.25) is 9.52 Å². The average molecular weight is 413 g/mol. The fourth-order valence-electron chi connectivity index (χ4n) is 3.89. The predicted molar refractivity (Wildman–Crippen MR) is 117 cm³/mol. The lowest BCUT2D eigenvalue weighted by Gasteiger charge is -2.26. The van der Waals surface area contributed by atoms with E-state index < -0.39 is 10.0 Å². The van der Waals surface area contributed by atoms with Gasteiger partial charge >= 0.3 is 0 Å². The Hall–Kier alpha value is -2.87. The lowest BCUT2D eigenvalue weighted by Crippen LogP contribution is -2.25. The highest BCUT2D eigenvalue weighted by Gasteiger charge is 2.18. The fourth-order valence-corrected chi connectivity index (χ4v) is 4.45. The molecule has 8 heteroatoms. The first-order valence-electron chi connectivity index (χ1n) is 9.77. The highest BCUT2D eigenvalue weighted by molar-refractivity contribution is 7.92. The molecule has 2 aromatic carbocycles. The van der Waals surface area contributed by atoms with Crippen LogP contribution in [0.5, 0.6) is 0 Å². The molecule has 0 radical (unpaired) electrons. The lowest BCUT2D eigenvalue weighted by molar-refractivity contribution is 0.607. The number of hydrogen-bond acceptors (Lipinski definition) is 5. The van der Waals surface area contributed by atoms with E-state index in [-0.39, 0.29) is 5.56 Å². The van der Waals surface area contributed by atoms with Gasteiger partial charge in [-0.2, -0.15) is 5.10 Å². The molecule has 7 nitrogen and oxygen atoms in total. The molecule has 3 aromatic rings. The molecule has 1 fully saturated rings. The van der Waals surface area contributed by atoms with E-state index in [1.54, 1.807) is 18.2 Å². The van der Waals surface area contributed by atoms with Gasteiger partial charge in [0.1, 0.15) is 0 Å². The topological polar surface area (TPSA) is 95.2 Å². The number of benzene rings is 2. The molecular weight excluding hydrogens is 388 g/mol. The van der Waals surface area contributed by atoms with Gasteiger partial charge in [-0.05, 0) is 31.0 Å². The van der Waals surface area contributed by atoms with Gasteiger partial charge in [-0.25, -0.2) is 13.5 Å². The van der Waals surface area contributed by atoms with E-state index >= 15 is 0 Å². The maximum absolute atomic E-state index is 12.1. The molecule has 0 atom stereocenters. The molecule has 4 rings (SSSR count). The minimum absolute atomic E-state index is 0.250. The molecule has 0 bridgehead atoms. The van der Waals surface area contributed by atoms with Gasteiger partial charge in [0.25, 0.3) is 5.56 Å². The molecule has 29 heavy (non-hydrogen) atoms. The van der Waals surface area contributed by atoms with Crippen molar-refractivity contribution in [2.24, 2.45) is 0 Å². The number of H-pyrrole nitrogens is 1. The summed E-state index contributed by atoms with van der Waals surface area (Å²) in [6.45, 7) is 1.80. The number of nitrogens with one attached hydrogen (secondary N) is 2. The normalized spacial score (nSPS) is 15.3. The van der Waals surface area contributed by atoms with Crippen molar-refractivity contribution in [1.29, 1.82) is 0 Å². The molecule has 1 saturated heterocycles. The van der Waals surface area contributed by atoms with Gasteiger partial charge in [0.15, 0.2) is 0 Å². The number of rotatable bonds is 4. The first kappa shape index (κ1) is 19.4. The van der Waals surface area contributed by atoms with E-state index in [0.717, 1.165) is 48.8 Å². The molecule has 152 valence electrons. The molecule has 0 aliphatic carbocycles. The number of anilines is 2. The van der Waals surface area contributed by atoms with Crippen molar-refractivity contribution < 1.29 is 8.42 Å². The van der Waals surface area contributed by atoms with Gasteiger partial charge in [-0.1, -0.05) is 37.1 Å². The van der Waals surface area contributed by atoms with E-state index in [4.69, 9.17) is 0 Å². The van der Waals surface area contributed by atoms with Crippen LogP contribution in [-0.2, 0) is 10.0 Å². The summed E-state index contributed by atoms with van der Waals surface area (Å²) in [7, 11) is -3.45.